The largest absolute Gasteiger partial charge is 0.374 e. The van der Waals surface area contributed by atoms with E-state index in [9.17, 15) is 0 Å². The van der Waals surface area contributed by atoms with Crippen molar-refractivity contribution in [3.63, 3.8) is 0 Å². The summed E-state index contributed by atoms with van der Waals surface area (Å²) in [5.41, 5.74) is 0.345. The second-order valence-electron chi connectivity index (χ2n) is 4.67. The molecule has 0 aliphatic rings. The predicted molar refractivity (Wildman–Crippen MR) is 65.2 cm³/mol. The third-order valence-electron chi connectivity index (χ3n) is 3.04. The summed E-state index contributed by atoms with van der Waals surface area (Å²) in [6.45, 7) is 10.1. The molecule has 0 saturated heterocycles. The summed E-state index contributed by atoms with van der Waals surface area (Å²) >= 11 is 0. The molecule has 0 aromatic rings. The van der Waals surface area contributed by atoms with Crippen molar-refractivity contribution in [1.29, 1.82) is 0 Å². The standard InChI is InChI=1S/C13H26O2/c1-9-15-13(6,7)11(3)10(2)12(4,5)14-8/h9H2,1-8H3/b11-10-/i1D,8D2,9D. The highest BCUT2D eigenvalue weighted by Crippen LogP contribution is 2.30. The molecule has 0 radical (unpaired) electrons. The number of hydrogen-bond acceptors (Lipinski definition) is 2. The van der Waals surface area contributed by atoms with Gasteiger partial charge in [-0.05, 0) is 59.6 Å². The molecule has 1 unspecified atom stereocenters. The van der Waals surface area contributed by atoms with E-state index in [1.807, 2.05) is 27.7 Å². The van der Waals surface area contributed by atoms with Crippen LogP contribution >= 0.6 is 0 Å². The number of methoxy groups -OCH3 is 1. The SMILES string of the molecule is [2H]CC([2H])OC(C)(C)/C(C)=C(/C)C(C)(C)OC([2H])[2H]. The zero-order valence-corrected chi connectivity index (χ0v) is 10.7. The van der Waals surface area contributed by atoms with Gasteiger partial charge in [-0.1, -0.05) is 0 Å². The van der Waals surface area contributed by atoms with E-state index in [1.54, 1.807) is 13.8 Å². The third kappa shape index (κ3) is 3.62. The molecule has 2 nitrogen and oxygen atoms in total. The average Bonchev–Trinajstić information content (AvgIpc) is 2.24. The Morgan fingerprint density at radius 1 is 1.13 bits per heavy atom. The number of ether oxygens (including phenoxy) is 2. The molecule has 0 saturated carbocycles. The topological polar surface area (TPSA) is 18.5 Å². The maximum Gasteiger partial charge on any atom is 0.0836 e. The van der Waals surface area contributed by atoms with E-state index in [0.717, 1.165) is 11.1 Å². The van der Waals surface area contributed by atoms with Gasteiger partial charge in [0.25, 0.3) is 0 Å². The van der Waals surface area contributed by atoms with Crippen LogP contribution in [0.25, 0.3) is 0 Å². The Morgan fingerprint density at radius 3 is 2.13 bits per heavy atom. The summed E-state index contributed by atoms with van der Waals surface area (Å²) in [4.78, 5) is 0. The Morgan fingerprint density at radius 2 is 1.67 bits per heavy atom. The molecule has 0 aliphatic carbocycles. The first-order chi connectivity index (χ1) is 8.44. The van der Waals surface area contributed by atoms with Crippen molar-refractivity contribution in [2.75, 3.05) is 13.6 Å². The van der Waals surface area contributed by atoms with Crippen molar-refractivity contribution in [1.82, 2.24) is 0 Å². The Bertz CT molecular complexity index is 325. The van der Waals surface area contributed by atoms with Gasteiger partial charge in [-0.2, -0.15) is 0 Å². The fourth-order valence-corrected chi connectivity index (χ4v) is 1.29. The van der Waals surface area contributed by atoms with Crippen LogP contribution in [0.5, 0.6) is 0 Å². The number of rotatable bonds is 5. The van der Waals surface area contributed by atoms with Gasteiger partial charge in [-0.3, -0.25) is 0 Å². The molecule has 0 amide bonds. The quantitative estimate of drug-likeness (QED) is 0.657. The minimum atomic E-state index is -1.35. The monoisotopic (exact) mass is 218 g/mol. The summed E-state index contributed by atoms with van der Waals surface area (Å²) < 4.78 is 39.9. The molecule has 0 bridgehead atoms. The summed E-state index contributed by atoms with van der Waals surface area (Å²) in [5.74, 6) is 0. The Labute approximate surface area is 100 Å². The van der Waals surface area contributed by atoms with Gasteiger partial charge in [0.05, 0.1) is 15.3 Å². The van der Waals surface area contributed by atoms with Crippen LogP contribution in [0.3, 0.4) is 0 Å². The summed E-state index contributed by atoms with van der Waals surface area (Å²) in [7, 11) is -1.35. The third-order valence-corrected chi connectivity index (χ3v) is 3.04. The van der Waals surface area contributed by atoms with Gasteiger partial charge < -0.3 is 9.47 Å². The summed E-state index contributed by atoms with van der Waals surface area (Å²) in [6, 6.07) is 0. The van der Waals surface area contributed by atoms with Crippen LogP contribution < -0.4 is 0 Å². The minimum absolute atomic E-state index is 0.114. The highest BCUT2D eigenvalue weighted by molar-refractivity contribution is 5.25. The van der Waals surface area contributed by atoms with E-state index < -0.39 is 24.8 Å². The molecule has 15 heavy (non-hydrogen) atoms. The lowest BCUT2D eigenvalue weighted by molar-refractivity contribution is 0.0110. The van der Waals surface area contributed by atoms with Gasteiger partial charge in [0.2, 0.25) is 0 Å². The molecule has 0 spiro atoms. The first-order valence-corrected chi connectivity index (χ1v) is 5.04. The van der Waals surface area contributed by atoms with Crippen LogP contribution in [0.2, 0.25) is 0 Å². The van der Waals surface area contributed by atoms with Gasteiger partial charge in [0.15, 0.2) is 0 Å². The second kappa shape index (κ2) is 5.13. The summed E-state index contributed by atoms with van der Waals surface area (Å²) in [5, 5.41) is 0. The number of hydrogen-bond donors (Lipinski definition) is 0. The molecule has 0 aromatic heterocycles. The lowest BCUT2D eigenvalue weighted by Crippen LogP contribution is -2.32. The first kappa shape index (κ1) is 8.77. The Balaban J connectivity index is 5.20. The lowest BCUT2D eigenvalue weighted by Gasteiger charge is -2.33. The van der Waals surface area contributed by atoms with Gasteiger partial charge in [-0.15, -0.1) is 0 Å². The van der Waals surface area contributed by atoms with Crippen molar-refractivity contribution in [2.45, 2.75) is 59.6 Å². The van der Waals surface area contributed by atoms with Crippen LogP contribution in [0.4, 0.5) is 0 Å². The Kier molecular flexibility index (Phi) is 3.00. The molecule has 0 heterocycles. The predicted octanol–water partition coefficient (Wildman–Crippen LogP) is 3.56. The average molecular weight is 218 g/mol. The van der Waals surface area contributed by atoms with Crippen LogP contribution in [-0.4, -0.2) is 24.8 Å². The van der Waals surface area contributed by atoms with Crippen molar-refractivity contribution in [2.24, 2.45) is 0 Å². The molecular formula is C13H26O2. The Hall–Kier alpha value is -0.340. The van der Waals surface area contributed by atoms with E-state index in [-0.39, 0.29) is 6.90 Å². The molecule has 0 rings (SSSR count). The van der Waals surface area contributed by atoms with E-state index in [1.165, 1.54) is 0 Å². The second-order valence-corrected chi connectivity index (χ2v) is 4.67. The van der Waals surface area contributed by atoms with E-state index in [2.05, 4.69) is 0 Å². The summed E-state index contributed by atoms with van der Waals surface area (Å²) in [6.07, 6.45) is 0. The van der Waals surface area contributed by atoms with Crippen LogP contribution in [0, 0.1) is 0 Å². The zero-order chi connectivity index (χ0) is 15.4. The van der Waals surface area contributed by atoms with Crippen LogP contribution in [-0.2, 0) is 9.47 Å². The smallest absolute Gasteiger partial charge is 0.0836 e. The van der Waals surface area contributed by atoms with Crippen LogP contribution in [0.15, 0.2) is 11.1 Å². The molecule has 1 atom stereocenters. The van der Waals surface area contributed by atoms with Crippen molar-refractivity contribution >= 4 is 0 Å². The molecule has 0 aromatic carbocycles. The highest BCUT2D eigenvalue weighted by Gasteiger charge is 2.28. The van der Waals surface area contributed by atoms with E-state index >= 15 is 0 Å². The van der Waals surface area contributed by atoms with Crippen molar-refractivity contribution in [3.05, 3.63) is 11.1 Å². The highest BCUT2D eigenvalue weighted by atomic mass is 16.5. The normalized spacial score (nSPS) is 21.3. The van der Waals surface area contributed by atoms with E-state index in [4.69, 9.17) is 15.0 Å². The maximum atomic E-state index is 7.56. The lowest BCUT2D eigenvalue weighted by atomic mass is 9.87. The molecule has 90 valence electrons. The molecule has 0 fully saturated rings. The van der Waals surface area contributed by atoms with Gasteiger partial charge in [0.1, 0.15) is 0 Å². The van der Waals surface area contributed by atoms with Crippen molar-refractivity contribution < 1.29 is 15.0 Å². The molecule has 2 heteroatoms. The fraction of sp³-hybridized carbons (Fsp3) is 0.846. The fourth-order valence-electron chi connectivity index (χ4n) is 1.29. The molecular weight excluding hydrogens is 188 g/mol. The minimum Gasteiger partial charge on any atom is -0.374 e. The van der Waals surface area contributed by atoms with E-state index in [0.29, 0.717) is 0 Å². The zero-order valence-electron chi connectivity index (χ0n) is 14.7. The van der Waals surface area contributed by atoms with Gasteiger partial charge in [-0.25, -0.2) is 0 Å². The van der Waals surface area contributed by atoms with Crippen molar-refractivity contribution in [3.8, 4) is 0 Å². The first-order valence-electron chi connectivity index (χ1n) is 7.48. The maximum absolute atomic E-state index is 7.56. The molecule has 0 N–H and O–H groups in total. The van der Waals surface area contributed by atoms with Crippen LogP contribution in [0.1, 0.15) is 53.9 Å². The molecule has 0 aliphatic heterocycles. The van der Waals surface area contributed by atoms with Gasteiger partial charge >= 0.3 is 0 Å². The van der Waals surface area contributed by atoms with Gasteiger partial charge in [0, 0.05) is 15.0 Å².